The van der Waals surface area contributed by atoms with Crippen molar-refractivity contribution < 1.29 is 0 Å². The average Bonchev–Trinajstić information content (AvgIpc) is 2.19. The molecule has 1 aliphatic carbocycles. The molecular weight excluding hydrogens is 184 g/mol. The molecule has 2 aliphatic rings. The second-order valence-electron chi connectivity index (χ2n) is 5.99. The van der Waals surface area contributed by atoms with Crippen molar-refractivity contribution in [1.82, 2.24) is 4.90 Å². The van der Waals surface area contributed by atoms with Crippen LogP contribution >= 0.6 is 0 Å². The summed E-state index contributed by atoms with van der Waals surface area (Å²) in [4.78, 5) is 2.39. The van der Waals surface area contributed by atoms with Crippen molar-refractivity contribution in [2.24, 2.45) is 5.41 Å². The molecule has 0 atom stereocenters. The Balaban J connectivity index is 1.92. The van der Waals surface area contributed by atoms with E-state index < -0.39 is 0 Å². The zero-order valence-electron chi connectivity index (χ0n) is 10.2. The summed E-state index contributed by atoms with van der Waals surface area (Å²) >= 11 is 0. The summed E-state index contributed by atoms with van der Waals surface area (Å²) in [5, 5.41) is 8.01. The first-order valence-corrected chi connectivity index (χ1v) is 6.43. The Hall–Kier alpha value is -0.530. The van der Waals surface area contributed by atoms with E-state index in [0.29, 0.717) is 11.5 Å². The molecule has 1 saturated carbocycles. The topological polar surface area (TPSA) is 27.1 Å². The lowest BCUT2D eigenvalue weighted by atomic mass is 9.75. The molecule has 0 spiro atoms. The van der Waals surface area contributed by atoms with Crippen LogP contribution in [0.25, 0.3) is 0 Å². The van der Waals surface area contributed by atoms with E-state index in [-0.39, 0.29) is 0 Å². The maximum atomic E-state index is 8.01. The van der Waals surface area contributed by atoms with E-state index in [1.54, 1.807) is 0 Å². The highest BCUT2D eigenvalue weighted by Gasteiger charge is 2.31. The first kappa shape index (κ1) is 11.0. The zero-order chi connectivity index (χ0) is 10.9. The number of piperidine rings is 1. The van der Waals surface area contributed by atoms with E-state index in [0.717, 1.165) is 18.8 Å². The Bertz CT molecular complexity index is 235. The molecule has 0 aromatic carbocycles. The number of hydrogen-bond donors (Lipinski definition) is 1. The van der Waals surface area contributed by atoms with Crippen LogP contribution in [0.2, 0.25) is 0 Å². The van der Waals surface area contributed by atoms with Gasteiger partial charge in [0.05, 0.1) is 5.84 Å². The molecule has 1 N–H and O–H groups in total. The minimum absolute atomic E-state index is 0.550. The smallest absolute Gasteiger partial charge is 0.0960 e. The fourth-order valence-corrected chi connectivity index (χ4v) is 2.95. The molecule has 15 heavy (non-hydrogen) atoms. The van der Waals surface area contributed by atoms with Crippen molar-refractivity contribution in [3.8, 4) is 0 Å². The lowest BCUT2D eigenvalue weighted by Gasteiger charge is -2.42. The summed E-state index contributed by atoms with van der Waals surface area (Å²) in [5.74, 6) is 0.908. The zero-order valence-corrected chi connectivity index (χ0v) is 10.2. The van der Waals surface area contributed by atoms with Gasteiger partial charge in [-0.05, 0) is 43.9 Å². The lowest BCUT2D eigenvalue weighted by molar-refractivity contribution is 0.147. The number of hydrogen-bond acceptors (Lipinski definition) is 1. The third-order valence-corrected chi connectivity index (χ3v) is 4.16. The van der Waals surface area contributed by atoms with Crippen molar-refractivity contribution in [2.45, 2.75) is 64.8 Å². The fraction of sp³-hybridized carbons (Fsp3) is 0.923. The van der Waals surface area contributed by atoms with Gasteiger partial charge in [-0.2, -0.15) is 0 Å². The summed E-state index contributed by atoms with van der Waals surface area (Å²) < 4.78 is 0. The van der Waals surface area contributed by atoms with E-state index in [1.807, 2.05) is 0 Å². The molecule has 0 aromatic heterocycles. The maximum absolute atomic E-state index is 8.01. The predicted octanol–water partition coefficient (Wildman–Crippen LogP) is 3.42. The lowest BCUT2D eigenvalue weighted by Crippen LogP contribution is -2.45. The van der Waals surface area contributed by atoms with Crippen LogP contribution in [0.3, 0.4) is 0 Å². The normalized spacial score (nSPS) is 28.1. The second kappa shape index (κ2) is 4.15. The number of nitrogens with one attached hydrogen (secondary N) is 1. The highest BCUT2D eigenvalue weighted by atomic mass is 15.2. The summed E-state index contributed by atoms with van der Waals surface area (Å²) in [6.45, 7) is 5.90. The number of nitrogens with zero attached hydrogens (tertiary/aromatic N) is 1. The molecule has 2 rings (SSSR count). The standard InChI is InChI=1S/C13H24N2/c1-13(2)8-6-11(7-9-13)15-10-4-3-5-12(15)14/h11,14H,3-10H2,1-2H3. The van der Waals surface area contributed by atoms with Gasteiger partial charge >= 0.3 is 0 Å². The summed E-state index contributed by atoms with van der Waals surface area (Å²) in [6.07, 6.45) is 8.81. The molecule has 2 fully saturated rings. The van der Waals surface area contributed by atoms with Gasteiger partial charge in [0.25, 0.3) is 0 Å². The predicted molar refractivity (Wildman–Crippen MR) is 64.3 cm³/mol. The fourth-order valence-electron chi connectivity index (χ4n) is 2.95. The van der Waals surface area contributed by atoms with Crippen molar-refractivity contribution in [3.05, 3.63) is 0 Å². The van der Waals surface area contributed by atoms with Crippen LogP contribution in [0.5, 0.6) is 0 Å². The van der Waals surface area contributed by atoms with Crippen molar-refractivity contribution in [1.29, 1.82) is 5.41 Å². The summed E-state index contributed by atoms with van der Waals surface area (Å²) in [6, 6.07) is 0.686. The highest BCUT2D eigenvalue weighted by molar-refractivity contribution is 5.80. The Morgan fingerprint density at radius 2 is 1.87 bits per heavy atom. The van der Waals surface area contributed by atoms with Crippen molar-refractivity contribution >= 4 is 5.84 Å². The molecular formula is C13H24N2. The molecule has 0 aromatic rings. The van der Waals surface area contributed by atoms with Crippen LogP contribution < -0.4 is 0 Å². The molecule has 0 unspecified atom stereocenters. The van der Waals surface area contributed by atoms with Gasteiger partial charge < -0.3 is 4.90 Å². The molecule has 0 radical (unpaired) electrons. The van der Waals surface area contributed by atoms with Gasteiger partial charge in [0.15, 0.2) is 0 Å². The van der Waals surface area contributed by atoms with Gasteiger partial charge in [0.2, 0.25) is 0 Å². The van der Waals surface area contributed by atoms with Gasteiger partial charge in [0, 0.05) is 19.0 Å². The molecule has 2 heteroatoms. The first-order chi connectivity index (χ1) is 7.08. The minimum Gasteiger partial charge on any atom is -0.358 e. The molecule has 2 nitrogen and oxygen atoms in total. The average molecular weight is 208 g/mol. The Morgan fingerprint density at radius 3 is 2.47 bits per heavy atom. The van der Waals surface area contributed by atoms with E-state index >= 15 is 0 Å². The minimum atomic E-state index is 0.550. The molecule has 1 aliphatic heterocycles. The van der Waals surface area contributed by atoms with Gasteiger partial charge in [-0.3, -0.25) is 5.41 Å². The molecule has 1 heterocycles. The van der Waals surface area contributed by atoms with Crippen LogP contribution in [0.15, 0.2) is 0 Å². The van der Waals surface area contributed by atoms with Crippen molar-refractivity contribution in [3.63, 3.8) is 0 Å². The van der Waals surface area contributed by atoms with Crippen LogP contribution in [-0.4, -0.2) is 23.3 Å². The summed E-state index contributed by atoms with van der Waals surface area (Å²) in [7, 11) is 0. The third kappa shape index (κ3) is 2.53. The Labute approximate surface area is 93.6 Å². The van der Waals surface area contributed by atoms with E-state index in [4.69, 9.17) is 5.41 Å². The molecule has 0 amide bonds. The van der Waals surface area contributed by atoms with E-state index in [9.17, 15) is 0 Å². The third-order valence-electron chi connectivity index (χ3n) is 4.16. The van der Waals surface area contributed by atoms with Crippen LogP contribution in [0, 0.1) is 10.8 Å². The Kier molecular flexibility index (Phi) is 3.03. The monoisotopic (exact) mass is 208 g/mol. The number of rotatable bonds is 1. The van der Waals surface area contributed by atoms with Gasteiger partial charge in [-0.1, -0.05) is 13.8 Å². The highest BCUT2D eigenvalue weighted by Crippen LogP contribution is 2.37. The van der Waals surface area contributed by atoms with Gasteiger partial charge in [-0.25, -0.2) is 0 Å². The summed E-state index contributed by atoms with van der Waals surface area (Å²) in [5.41, 5.74) is 0.550. The Morgan fingerprint density at radius 1 is 1.20 bits per heavy atom. The van der Waals surface area contributed by atoms with Gasteiger partial charge in [0.1, 0.15) is 0 Å². The largest absolute Gasteiger partial charge is 0.358 e. The molecule has 1 saturated heterocycles. The number of amidine groups is 1. The van der Waals surface area contributed by atoms with Gasteiger partial charge in [-0.15, -0.1) is 0 Å². The quantitative estimate of drug-likeness (QED) is 0.702. The first-order valence-electron chi connectivity index (χ1n) is 6.43. The van der Waals surface area contributed by atoms with E-state index in [1.165, 1.54) is 38.5 Å². The maximum Gasteiger partial charge on any atom is 0.0960 e. The van der Waals surface area contributed by atoms with Crippen LogP contribution in [-0.2, 0) is 0 Å². The molecule has 0 bridgehead atoms. The van der Waals surface area contributed by atoms with Crippen molar-refractivity contribution in [2.75, 3.05) is 6.54 Å². The number of likely N-dealkylation sites (tertiary alicyclic amines) is 1. The SMILES string of the molecule is CC1(C)CCC(N2CCCCC2=N)CC1. The van der Waals surface area contributed by atoms with Crippen LogP contribution in [0.4, 0.5) is 0 Å². The van der Waals surface area contributed by atoms with E-state index in [2.05, 4.69) is 18.7 Å². The second-order valence-corrected chi connectivity index (χ2v) is 5.99. The van der Waals surface area contributed by atoms with Crippen LogP contribution in [0.1, 0.15) is 58.8 Å². The molecule has 86 valence electrons.